The number of hydrogen-bond acceptors (Lipinski definition) is 2. The molecule has 0 aromatic rings. The van der Waals surface area contributed by atoms with E-state index in [0.717, 1.165) is 6.04 Å². The minimum atomic E-state index is 0.932. The molecular formula is C14H30N2. The Kier molecular flexibility index (Phi) is 7.87. The zero-order chi connectivity index (χ0) is 11.6. The van der Waals surface area contributed by atoms with Gasteiger partial charge in [0.2, 0.25) is 0 Å². The summed E-state index contributed by atoms with van der Waals surface area (Å²) in [4.78, 5) is 2.67. The Morgan fingerprint density at radius 2 is 1.75 bits per heavy atom. The normalized spacial score (nSPS) is 15.9. The fraction of sp³-hybridized carbons (Fsp3) is 1.00. The van der Waals surface area contributed by atoms with E-state index >= 15 is 0 Å². The Labute approximate surface area is 102 Å². The smallest absolute Gasteiger partial charge is 0.0110 e. The first-order chi connectivity index (χ1) is 7.88. The van der Waals surface area contributed by atoms with Crippen molar-refractivity contribution in [1.82, 2.24) is 10.2 Å². The van der Waals surface area contributed by atoms with Gasteiger partial charge in [-0.25, -0.2) is 0 Å². The van der Waals surface area contributed by atoms with Gasteiger partial charge in [0.1, 0.15) is 0 Å². The van der Waals surface area contributed by atoms with Crippen molar-refractivity contribution in [2.75, 3.05) is 26.2 Å². The molecular weight excluding hydrogens is 196 g/mol. The summed E-state index contributed by atoms with van der Waals surface area (Å²) in [5, 5.41) is 3.57. The Hall–Kier alpha value is -0.0800. The van der Waals surface area contributed by atoms with Gasteiger partial charge in [0.25, 0.3) is 0 Å². The van der Waals surface area contributed by atoms with E-state index in [-0.39, 0.29) is 0 Å². The van der Waals surface area contributed by atoms with Crippen LogP contribution < -0.4 is 5.32 Å². The molecule has 0 atom stereocenters. The molecule has 1 aliphatic rings. The SMILES string of the molecule is CCCCCCNCCN(CCC)C1CC1. The molecule has 0 bridgehead atoms. The molecule has 1 saturated carbocycles. The Bertz CT molecular complexity index is 155. The topological polar surface area (TPSA) is 15.3 Å². The molecule has 0 amide bonds. The Balaban J connectivity index is 1.88. The first-order valence-corrected chi connectivity index (χ1v) is 7.33. The summed E-state index contributed by atoms with van der Waals surface area (Å²) in [6.07, 6.45) is 9.66. The summed E-state index contributed by atoms with van der Waals surface area (Å²) in [6.45, 7) is 9.50. The molecule has 0 aromatic heterocycles. The lowest BCUT2D eigenvalue weighted by Gasteiger charge is -2.21. The second-order valence-corrected chi connectivity index (χ2v) is 5.08. The molecule has 0 heterocycles. The van der Waals surface area contributed by atoms with Crippen molar-refractivity contribution < 1.29 is 0 Å². The van der Waals surface area contributed by atoms with Gasteiger partial charge < -0.3 is 5.32 Å². The molecule has 96 valence electrons. The second kappa shape index (κ2) is 9.00. The molecule has 1 aliphatic carbocycles. The van der Waals surface area contributed by atoms with E-state index < -0.39 is 0 Å². The Morgan fingerprint density at radius 3 is 2.38 bits per heavy atom. The van der Waals surface area contributed by atoms with Crippen LogP contribution in [0.4, 0.5) is 0 Å². The van der Waals surface area contributed by atoms with Crippen LogP contribution in [0.2, 0.25) is 0 Å². The number of rotatable bonds is 11. The van der Waals surface area contributed by atoms with E-state index in [9.17, 15) is 0 Å². The van der Waals surface area contributed by atoms with Crippen LogP contribution in [0.1, 0.15) is 58.8 Å². The van der Waals surface area contributed by atoms with Crippen molar-refractivity contribution in [3.8, 4) is 0 Å². The molecule has 1 N–H and O–H groups in total. The van der Waals surface area contributed by atoms with E-state index in [4.69, 9.17) is 0 Å². The van der Waals surface area contributed by atoms with E-state index in [1.165, 1.54) is 71.1 Å². The van der Waals surface area contributed by atoms with E-state index in [0.29, 0.717) is 0 Å². The molecule has 1 fully saturated rings. The van der Waals surface area contributed by atoms with Gasteiger partial charge >= 0.3 is 0 Å². The molecule has 0 saturated heterocycles. The molecule has 0 unspecified atom stereocenters. The van der Waals surface area contributed by atoms with Gasteiger partial charge in [-0.1, -0.05) is 33.1 Å². The highest BCUT2D eigenvalue weighted by Gasteiger charge is 2.27. The summed E-state index contributed by atoms with van der Waals surface area (Å²) >= 11 is 0. The van der Waals surface area contributed by atoms with Gasteiger partial charge in [-0.3, -0.25) is 4.90 Å². The van der Waals surface area contributed by atoms with Crippen molar-refractivity contribution in [3.63, 3.8) is 0 Å². The van der Waals surface area contributed by atoms with E-state index in [1.807, 2.05) is 0 Å². The number of nitrogens with one attached hydrogen (secondary N) is 1. The van der Waals surface area contributed by atoms with Crippen LogP contribution in [0.25, 0.3) is 0 Å². The highest BCUT2D eigenvalue weighted by atomic mass is 15.2. The summed E-state index contributed by atoms with van der Waals surface area (Å²) in [6, 6.07) is 0.932. The predicted octanol–water partition coefficient (Wildman–Crippen LogP) is 3.03. The lowest BCUT2D eigenvalue weighted by Crippen LogP contribution is -2.34. The molecule has 0 spiro atoms. The summed E-state index contributed by atoms with van der Waals surface area (Å²) in [7, 11) is 0. The summed E-state index contributed by atoms with van der Waals surface area (Å²) < 4.78 is 0. The summed E-state index contributed by atoms with van der Waals surface area (Å²) in [5.74, 6) is 0. The standard InChI is InChI=1S/C14H30N2/c1-3-5-6-7-10-15-11-13-16(12-4-2)14-8-9-14/h14-15H,3-13H2,1-2H3. The maximum atomic E-state index is 3.57. The van der Waals surface area contributed by atoms with Crippen molar-refractivity contribution >= 4 is 0 Å². The van der Waals surface area contributed by atoms with Crippen LogP contribution in [-0.2, 0) is 0 Å². The molecule has 0 radical (unpaired) electrons. The van der Waals surface area contributed by atoms with Gasteiger partial charge in [0.05, 0.1) is 0 Å². The second-order valence-electron chi connectivity index (χ2n) is 5.08. The zero-order valence-corrected chi connectivity index (χ0v) is 11.3. The lowest BCUT2D eigenvalue weighted by molar-refractivity contribution is 0.263. The fourth-order valence-electron chi connectivity index (χ4n) is 2.23. The highest BCUT2D eigenvalue weighted by molar-refractivity contribution is 4.84. The minimum Gasteiger partial charge on any atom is -0.315 e. The molecule has 0 aliphatic heterocycles. The van der Waals surface area contributed by atoms with Crippen molar-refractivity contribution in [3.05, 3.63) is 0 Å². The minimum absolute atomic E-state index is 0.932. The number of unbranched alkanes of at least 4 members (excludes halogenated alkanes) is 3. The third kappa shape index (κ3) is 6.49. The van der Waals surface area contributed by atoms with Gasteiger partial charge in [-0.2, -0.15) is 0 Å². The fourth-order valence-corrected chi connectivity index (χ4v) is 2.23. The average Bonchev–Trinajstić information content (AvgIpc) is 3.10. The number of hydrogen-bond donors (Lipinski definition) is 1. The van der Waals surface area contributed by atoms with Crippen molar-refractivity contribution in [2.24, 2.45) is 0 Å². The quantitative estimate of drug-likeness (QED) is 0.545. The van der Waals surface area contributed by atoms with Crippen LogP contribution >= 0.6 is 0 Å². The largest absolute Gasteiger partial charge is 0.315 e. The molecule has 2 nitrogen and oxygen atoms in total. The van der Waals surface area contributed by atoms with Crippen molar-refractivity contribution in [1.29, 1.82) is 0 Å². The molecule has 1 rings (SSSR count). The van der Waals surface area contributed by atoms with Crippen LogP contribution in [0.3, 0.4) is 0 Å². The predicted molar refractivity (Wildman–Crippen MR) is 71.9 cm³/mol. The lowest BCUT2D eigenvalue weighted by atomic mass is 10.2. The maximum Gasteiger partial charge on any atom is 0.0110 e. The third-order valence-electron chi connectivity index (χ3n) is 3.36. The van der Waals surface area contributed by atoms with Gasteiger partial charge in [0.15, 0.2) is 0 Å². The third-order valence-corrected chi connectivity index (χ3v) is 3.36. The van der Waals surface area contributed by atoms with E-state index in [2.05, 4.69) is 24.1 Å². The van der Waals surface area contributed by atoms with Crippen LogP contribution in [0.5, 0.6) is 0 Å². The van der Waals surface area contributed by atoms with Gasteiger partial charge in [-0.05, 0) is 38.8 Å². The van der Waals surface area contributed by atoms with Crippen molar-refractivity contribution in [2.45, 2.75) is 64.8 Å². The maximum absolute atomic E-state index is 3.57. The molecule has 2 heteroatoms. The summed E-state index contributed by atoms with van der Waals surface area (Å²) in [5.41, 5.74) is 0. The number of nitrogens with zero attached hydrogens (tertiary/aromatic N) is 1. The molecule has 0 aromatic carbocycles. The van der Waals surface area contributed by atoms with Gasteiger partial charge in [0, 0.05) is 19.1 Å². The van der Waals surface area contributed by atoms with Crippen LogP contribution in [0.15, 0.2) is 0 Å². The van der Waals surface area contributed by atoms with Gasteiger partial charge in [-0.15, -0.1) is 0 Å². The zero-order valence-electron chi connectivity index (χ0n) is 11.3. The van der Waals surface area contributed by atoms with Crippen LogP contribution in [0, 0.1) is 0 Å². The van der Waals surface area contributed by atoms with E-state index in [1.54, 1.807) is 0 Å². The van der Waals surface area contributed by atoms with Crippen LogP contribution in [-0.4, -0.2) is 37.1 Å². The molecule has 16 heavy (non-hydrogen) atoms. The average molecular weight is 226 g/mol. The highest BCUT2D eigenvalue weighted by Crippen LogP contribution is 2.26. The first-order valence-electron chi connectivity index (χ1n) is 7.33. The monoisotopic (exact) mass is 226 g/mol. The first kappa shape index (κ1) is 14.0. The Morgan fingerprint density at radius 1 is 0.938 bits per heavy atom.